The summed E-state index contributed by atoms with van der Waals surface area (Å²) in [6.45, 7) is 15.0. The van der Waals surface area contributed by atoms with Crippen molar-refractivity contribution in [3.63, 3.8) is 0 Å². The van der Waals surface area contributed by atoms with Crippen molar-refractivity contribution in [1.29, 1.82) is 0 Å². The number of methoxy groups -OCH3 is 2. The number of hydrogen-bond acceptors (Lipinski definition) is 14. The van der Waals surface area contributed by atoms with Gasteiger partial charge in [-0.25, -0.2) is 9.13 Å². The number of phosphoric acid groups is 2. The molecule has 0 aliphatic heterocycles. The fourth-order valence-corrected chi connectivity index (χ4v) is 8.73. The van der Waals surface area contributed by atoms with Gasteiger partial charge in [0.15, 0.2) is 0 Å². The van der Waals surface area contributed by atoms with Crippen molar-refractivity contribution in [1.82, 2.24) is 39.3 Å². The Morgan fingerprint density at radius 2 is 0.950 bits per heavy atom. The average Bonchev–Trinajstić information content (AvgIpc) is 3.94. The Labute approximate surface area is 469 Å². The minimum Gasteiger partial charge on any atom is -0.497 e. The number of rotatable bonds is 30. The third-order valence-corrected chi connectivity index (χ3v) is 13.6. The number of carbonyl (C=O) groups excluding carboxylic acids is 4. The maximum atomic E-state index is 13.5. The number of phosphoric ester groups is 2. The number of nitrogens with zero attached hydrogens (tertiary/aromatic N) is 8. The Balaban J connectivity index is 0.000000410. The van der Waals surface area contributed by atoms with Crippen molar-refractivity contribution in [2.24, 2.45) is 11.8 Å². The number of pyridine rings is 2. The number of ether oxygens (including phenoxy) is 2. The molecule has 80 heavy (non-hydrogen) atoms. The van der Waals surface area contributed by atoms with E-state index in [1.807, 2.05) is 9.80 Å². The molecule has 2 amide bonds. The lowest BCUT2D eigenvalue weighted by molar-refractivity contribution is -0.133. The van der Waals surface area contributed by atoms with Crippen LogP contribution in [0.25, 0.3) is 21.8 Å². The van der Waals surface area contributed by atoms with Gasteiger partial charge in [0.25, 0.3) is 0 Å². The lowest BCUT2D eigenvalue weighted by Gasteiger charge is -2.24. The van der Waals surface area contributed by atoms with E-state index in [4.69, 9.17) is 29.0 Å². The van der Waals surface area contributed by atoms with Crippen LogP contribution in [0.5, 0.6) is 11.5 Å². The zero-order valence-electron chi connectivity index (χ0n) is 45.7. The van der Waals surface area contributed by atoms with Crippen molar-refractivity contribution in [3.8, 4) is 11.5 Å². The molecule has 0 bridgehead atoms. The van der Waals surface area contributed by atoms with Crippen LogP contribution in [0.2, 0.25) is 0 Å². The molecule has 0 radical (unpaired) electrons. The van der Waals surface area contributed by atoms with Gasteiger partial charge in [0.05, 0.1) is 38.5 Å². The Bertz CT molecular complexity index is 3020. The van der Waals surface area contributed by atoms with Crippen LogP contribution in [0.1, 0.15) is 138 Å². The zero-order chi connectivity index (χ0) is 57.2. The molecular formula is C56H82N8O14P2. The maximum Gasteiger partial charge on any atom is 0.469 e. The van der Waals surface area contributed by atoms with Crippen LogP contribution in [-0.2, 0) is 53.7 Å². The van der Waals surface area contributed by atoms with E-state index in [0.29, 0.717) is 93.8 Å². The number of fused-ring (bicyclic) bond motifs is 2. The van der Waals surface area contributed by atoms with Crippen LogP contribution in [0.4, 0.5) is 0 Å². The molecule has 0 saturated heterocycles. The lowest BCUT2D eigenvalue weighted by atomic mass is 10.1. The van der Waals surface area contributed by atoms with Gasteiger partial charge in [-0.1, -0.05) is 69.2 Å². The summed E-state index contributed by atoms with van der Waals surface area (Å²) in [5, 5.41) is 10.3. The van der Waals surface area contributed by atoms with E-state index in [1.165, 1.54) is 12.4 Å². The van der Waals surface area contributed by atoms with E-state index >= 15 is 0 Å². The van der Waals surface area contributed by atoms with Gasteiger partial charge in [-0.15, -0.1) is 0 Å². The molecule has 0 aliphatic rings. The summed E-state index contributed by atoms with van der Waals surface area (Å²) >= 11 is 0. The highest BCUT2D eigenvalue weighted by atomic mass is 31.2. The predicted octanol–water partition coefficient (Wildman–Crippen LogP) is 9.27. The van der Waals surface area contributed by atoms with Gasteiger partial charge < -0.3 is 38.8 Å². The summed E-state index contributed by atoms with van der Waals surface area (Å²) in [5.41, 5.74) is 3.24. The standard InChI is InChI=1S/C28H39N4O7P.C26H35N4O7P.2CH4/c1-19(2)10-13-31(14-11-20(3)4)26(33)18-32-25-16-23(38-5)8-9-24(25)27(30-32)28(34)21-6-7-22(29-17-21)12-15-39-40(35,36)37;1-4-6-13-29(14-7-5-2)24(31)18-30-23-16-21(36-3)10-11-22(23)25(28-30)26(32)19-8-9-20(27-17-19)12-15-37-38(33,34)35;;/h6-9,16-17,19-20H,10-15,18H2,1-5H3,(H2,35,36,37);8-11,16-17H,4-7,12-15,18H2,1-3H3,(H2,33,34,35);2*1H4. The number of aromatic nitrogens is 6. The SMILES string of the molecule is C.C.CCCCN(CCCC)C(=O)Cn1nc(C(=O)c2ccc(CCOP(=O)(O)O)nc2)c2ccc(OC)cc21.COc1ccc2c(C(=O)c3ccc(CCOP(=O)(O)O)nc3)nn(CC(=O)N(CCC(C)C)CCC(C)C)c2c1. The van der Waals surface area contributed by atoms with Gasteiger partial charge in [0, 0.05) is 96.8 Å². The number of hydrogen-bond donors (Lipinski definition) is 4. The number of amides is 2. The minimum absolute atomic E-state index is 0. The monoisotopic (exact) mass is 1150 g/mol. The predicted molar refractivity (Wildman–Crippen MR) is 307 cm³/mol. The summed E-state index contributed by atoms with van der Waals surface area (Å²) in [5.74, 6) is 1.27. The molecule has 0 spiro atoms. The topological polar surface area (TPSA) is 288 Å². The van der Waals surface area contributed by atoms with Gasteiger partial charge in [-0.05, 0) is 86.1 Å². The van der Waals surface area contributed by atoms with E-state index in [1.54, 1.807) is 84.2 Å². The first-order chi connectivity index (χ1) is 37.0. The summed E-state index contributed by atoms with van der Waals surface area (Å²) < 4.78 is 44.5. The van der Waals surface area contributed by atoms with Gasteiger partial charge in [0.1, 0.15) is 36.0 Å². The Kier molecular flexibility index (Phi) is 27.5. The highest BCUT2D eigenvalue weighted by Gasteiger charge is 2.25. The molecule has 0 saturated carbocycles. The second kappa shape index (κ2) is 32.3. The quantitative estimate of drug-likeness (QED) is 0.0241. The number of ketones is 2. The first kappa shape index (κ1) is 68.1. The minimum atomic E-state index is -4.56. The third kappa shape index (κ3) is 20.7. The van der Waals surface area contributed by atoms with Gasteiger partial charge in [0.2, 0.25) is 23.4 Å². The molecule has 440 valence electrons. The van der Waals surface area contributed by atoms with Crippen LogP contribution in [0, 0.1) is 11.8 Å². The third-order valence-electron chi connectivity index (χ3n) is 12.5. The van der Waals surface area contributed by atoms with Crippen LogP contribution >= 0.6 is 15.6 Å². The van der Waals surface area contributed by atoms with Crippen molar-refractivity contribution in [2.45, 2.75) is 121 Å². The van der Waals surface area contributed by atoms with Crippen molar-refractivity contribution < 1.29 is 66.4 Å². The highest BCUT2D eigenvalue weighted by Crippen LogP contribution is 2.36. The van der Waals surface area contributed by atoms with Crippen molar-refractivity contribution in [3.05, 3.63) is 107 Å². The molecular weight excluding hydrogens is 1070 g/mol. The van der Waals surface area contributed by atoms with Crippen LogP contribution in [0.3, 0.4) is 0 Å². The molecule has 6 rings (SSSR count). The molecule has 0 fully saturated rings. The van der Waals surface area contributed by atoms with Crippen LogP contribution in [0.15, 0.2) is 73.1 Å². The summed E-state index contributed by atoms with van der Waals surface area (Å²) in [6.07, 6.45) is 8.74. The molecule has 0 atom stereocenters. The first-order valence-electron chi connectivity index (χ1n) is 26.1. The van der Waals surface area contributed by atoms with E-state index in [0.717, 1.165) is 38.5 Å². The second-order valence-electron chi connectivity index (χ2n) is 19.5. The Morgan fingerprint density at radius 3 is 1.26 bits per heavy atom. The summed E-state index contributed by atoms with van der Waals surface area (Å²) in [4.78, 5) is 101. The molecule has 4 aromatic heterocycles. The Morgan fingerprint density at radius 1 is 0.575 bits per heavy atom. The Hall–Kier alpha value is -6.22. The molecule has 4 N–H and O–H groups in total. The summed E-state index contributed by atoms with van der Waals surface area (Å²) in [7, 11) is -6.01. The molecule has 0 unspecified atom stereocenters. The molecule has 24 heteroatoms. The zero-order valence-corrected chi connectivity index (χ0v) is 47.5. The largest absolute Gasteiger partial charge is 0.497 e. The number of unbranched alkanes of at least 4 members (excludes halogenated alkanes) is 2. The summed E-state index contributed by atoms with van der Waals surface area (Å²) in [6, 6.07) is 16.9. The maximum absolute atomic E-state index is 13.5. The smallest absolute Gasteiger partial charge is 0.469 e. The van der Waals surface area contributed by atoms with Crippen LogP contribution in [-0.4, -0.2) is 136 Å². The normalized spacial score (nSPS) is 11.5. The number of carbonyl (C=O) groups is 4. The van der Waals surface area contributed by atoms with E-state index in [-0.39, 0.29) is 88.8 Å². The highest BCUT2D eigenvalue weighted by molar-refractivity contribution is 7.46. The van der Waals surface area contributed by atoms with Gasteiger partial charge in [-0.2, -0.15) is 10.2 Å². The molecule has 4 heterocycles. The van der Waals surface area contributed by atoms with Crippen LogP contribution < -0.4 is 9.47 Å². The average molecular weight is 1150 g/mol. The molecule has 22 nitrogen and oxygen atoms in total. The fourth-order valence-electron chi connectivity index (χ4n) is 8.07. The molecule has 2 aromatic carbocycles. The van der Waals surface area contributed by atoms with E-state index in [2.05, 4.69) is 70.8 Å². The molecule has 6 aromatic rings. The van der Waals surface area contributed by atoms with Gasteiger partial charge in [-0.3, -0.25) is 47.6 Å². The van der Waals surface area contributed by atoms with E-state index < -0.39 is 15.6 Å². The fraction of sp³-hybridized carbons (Fsp3) is 0.500. The van der Waals surface area contributed by atoms with E-state index in [9.17, 15) is 28.3 Å². The number of benzene rings is 2. The van der Waals surface area contributed by atoms with Crippen molar-refractivity contribution in [2.75, 3.05) is 53.6 Å². The second-order valence-corrected chi connectivity index (χ2v) is 22.0. The first-order valence-corrected chi connectivity index (χ1v) is 29.1. The van der Waals surface area contributed by atoms with Crippen molar-refractivity contribution >= 4 is 60.8 Å². The molecule has 0 aliphatic carbocycles. The lowest BCUT2D eigenvalue weighted by Crippen LogP contribution is -2.36. The van der Waals surface area contributed by atoms with Gasteiger partial charge >= 0.3 is 15.6 Å².